The van der Waals surface area contributed by atoms with Gasteiger partial charge in [0.1, 0.15) is 5.82 Å². The summed E-state index contributed by atoms with van der Waals surface area (Å²) < 4.78 is 5.09. The van der Waals surface area contributed by atoms with E-state index in [1.807, 2.05) is 24.5 Å². The largest absolute Gasteiger partial charge is 0.481 e. The minimum Gasteiger partial charge on any atom is -0.481 e. The smallest absolute Gasteiger partial charge is 0.212 e. The van der Waals surface area contributed by atoms with E-state index in [-0.39, 0.29) is 0 Å². The van der Waals surface area contributed by atoms with E-state index in [4.69, 9.17) is 4.74 Å². The van der Waals surface area contributed by atoms with E-state index in [1.54, 1.807) is 7.11 Å². The van der Waals surface area contributed by atoms with Crippen molar-refractivity contribution in [3.8, 4) is 17.0 Å². The molecule has 2 aromatic rings. The molecule has 3 rings (SSSR count). The van der Waals surface area contributed by atoms with Gasteiger partial charge < -0.3 is 9.64 Å². The van der Waals surface area contributed by atoms with Gasteiger partial charge in [-0.25, -0.2) is 9.97 Å². The van der Waals surface area contributed by atoms with Crippen molar-refractivity contribution in [3.63, 3.8) is 0 Å². The fraction of sp³-hybridized carbons (Fsp3) is 0.444. The van der Waals surface area contributed by atoms with Gasteiger partial charge >= 0.3 is 0 Å². The summed E-state index contributed by atoms with van der Waals surface area (Å²) in [5, 5.41) is 0. The van der Waals surface area contributed by atoms with Crippen LogP contribution in [0.4, 0.5) is 5.82 Å². The minimum absolute atomic E-state index is 0.620. The molecule has 2 aromatic heterocycles. The summed E-state index contributed by atoms with van der Waals surface area (Å²) in [7, 11) is 1.62. The number of pyridine rings is 2. The third-order valence-corrected chi connectivity index (χ3v) is 4.40. The molecule has 0 radical (unpaired) electrons. The van der Waals surface area contributed by atoms with Crippen molar-refractivity contribution in [1.29, 1.82) is 0 Å². The van der Waals surface area contributed by atoms with Gasteiger partial charge in [-0.15, -0.1) is 0 Å². The van der Waals surface area contributed by atoms with Crippen LogP contribution in [0.2, 0.25) is 0 Å². The number of hydrogen-bond donors (Lipinski definition) is 0. The van der Waals surface area contributed by atoms with E-state index in [1.165, 1.54) is 0 Å². The predicted octanol–water partition coefficient (Wildman–Crippen LogP) is 2.68. The van der Waals surface area contributed by atoms with Crippen molar-refractivity contribution in [3.05, 3.63) is 36.7 Å². The average molecular weight is 312 g/mol. The first-order valence-electron chi connectivity index (χ1n) is 8.13. The molecule has 1 aliphatic rings. The van der Waals surface area contributed by atoms with Crippen LogP contribution in [0, 0.1) is 0 Å². The molecule has 1 saturated heterocycles. The summed E-state index contributed by atoms with van der Waals surface area (Å²) in [6.07, 6.45) is 3.74. The Labute approximate surface area is 137 Å². The van der Waals surface area contributed by atoms with Crippen molar-refractivity contribution >= 4 is 5.82 Å². The molecule has 5 heteroatoms. The standard InChI is InChI=1S/C18H24N4O/c1-14(2)21-8-10-22(11-9-21)17-6-4-15(12-19-17)16-5-7-18(23-3)20-13-16/h4-7,12-14H,8-11H2,1-3H3. The fourth-order valence-electron chi connectivity index (χ4n) is 2.88. The lowest BCUT2D eigenvalue weighted by atomic mass is 10.1. The number of rotatable bonds is 4. The van der Waals surface area contributed by atoms with Crippen LogP contribution in [0.5, 0.6) is 5.88 Å². The van der Waals surface area contributed by atoms with Gasteiger partial charge in [0.15, 0.2) is 0 Å². The average Bonchev–Trinajstić information content (AvgIpc) is 2.62. The Kier molecular flexibility index (Phi) is 4.76. The molecule has 1 fully saturated rings. The SMILES string of the molecule is COc1ccc(-c2ccc(N3CCN(C(C)C)CC3)nc2)cn1. The van der Waals surface area contributed by atoms with E-state index >= 15 is 0 Å². The van der Waals surface area contributed by atoms with E-state index in [0.717, 1.165) is 43.1 Å². The second-order valence-corrected chi connectivity index (χ2v) is 6.11. The first-order chi connectivity index (χ1) is 11.2. The van der Waals surface area contributed by atoms with Crippen molar-refractivity contribution in [1.82, 2.24) is 14.9 Å². The molecule has 0 bridgehead atoms. The molecule has 0 spiro atoms. The van der Waals surface area contributed by atoms with E-state index < -0.39 is 0 Å². The Morgan fingerprint density at radius 2 is 1.57 bits per heavy atom. The predicted molar refractivity (Wildman–Crippen MR) is 92.9 cm³/mol. The van der Waals surface area contributed by atoms with Crippen molar-refractivity contribution in [2.24, 2.45) is 0 Å². The van der Waals surface area contributed by atoms with Crippen LogP contribution < -0.4 is 9.64 Å². The molecule has 1 aliphatic heterocycles. The van der Waals surface area contributed by atoms with Crippen LogP contribution >= 0.6 is 0 Å². The Balaban J connectivity index is 1.67. The quantitative estimate of drug-likeness (QED) is 0.868. The van der Waals surface area contributed by atoms with Gasteiger partial charge in [0.25, 0.3) is 0 Å². The number of piperazine rings is 1. The van der Waals surface area contributed by atoms with E-state index in [9.17, 15) is 0 Å². The van der Waals surface area contributed by atoms with Gasteiger partial charge in [0.2, 0.25) is 5.88 Å². The van der Waals surface area contributed by atoms with Crippen LogP contribution in [0.3, 0.4) is 0 Å². The van der Waals surface area contributed by atoms with Crippen LogP contribution in [-0.4, -0.2) is 54.2 Å². The summed E-state index contributed by atoms with van der Waals surface area (Å²) in [5.41, 5.74) is 2.12. The summed E-state index contributed by atoms with van der Waals surface area (Å²) in [4.78, 5) is 13.7. The molecule has 0 aliphatic carbocycles. The Bertz CT molecular complexity index is 616. The molecular formula is C18H24N4O. The van der Waals surface area contributed by atoms with Crippen molar-refractivity contribution in [2.75, 3.05) is 38.2 Å². The maximum atomic E-state index is 5.09. The summed E-state index contributed by atoms with van der Waals surface area (Å²) in [6, 6.07) is 8.71. The molecule has 0 N–H and O–H groups in total. The van der Waals surface area contributed by atoms with Gasteiger partial charge in [-0.3, -0.25) is 4.90 Å². The topological polar surface area (TPSA) is 41.5 Å². The van der Waals surface area contributed by atoms with Crippen LogP contribution in [0.25, 0.3) is 11.1 Å². The van der Waals surface area contributed by atoms with Gasteiger partial charge in [0, 0.05) is 61.8 Å². The second-order valence-electron chi connectivity index (χ2n) is 6.11. The highest BCUT2D eigenvalue weighted by molar-refractivity contribution is 5.63. The third-order valence-electron chi connectivity index (χ3n) is 4.40. The zero-order valence-electron chi connectivity index (χ0n) is 14.1. The van der Waals surface area contributed by atoms with Crippen molar-refractivity contribution in [2.45, 2.75) is 19.9 Å². The molecule has 3 heterocycles. The summed E-state index contributed by atoms with van der Waals surface area (Å²) in [5.74, 6) is 1.68. The minimum atomic E-state index is 0.620. The van der Waals surface area contributed by atoms with Crippen molar-refractivity contribution < 1.29 is 4.74 Å². The third kappa shape index (κ3) is 3.62. The maximum absolute atomic E-state index is 5.09. The first-order valence-corrected chi connectivity index (χ1v) is 8.13. The van der Waals surface area contributed by atoms with Gasteiger partial charge in [-0.1, -0.05) is 0 Å². The number of nitrogens with zero attached hydrogens (tertiary/aromatic N) is 4. The highest BCUT2D eigenvalue weighted by atomic mass is 16.5. The maximum Gasteiger partial charge on any atom is 0.212 e. The van der Waals surface area contributed by atoms with Gasteiger partial charge in [-0.05, 0) is 32.0 Å². The number of methoxy groups -OCH3 is 1. The molecule has 5 nitrogen and oxygen atoms in total. The second kappa shape index (κ2) is 6.96. The molecule has 0 aromatic carbocycles. The van der Waals surface area contributed by atoms with Crippen LogP contribution in [0.1, 0.15) is 13.8 Å². The lowest BCUT2D eigenvalue weighted by Gasteiger charge is -2.37. The molecule has 0 unspecified atom stereocenters. The Hall–Kier alpha value is -2.14. The van der Waals surface area contributed by atoms with Crippen LogP contribution in [-0.2, 0) is 0 Å². The molecule has 122 valence electrons. The Morgan fingerprint density at radius 3 is 2.04 bits per heavy atom. The Morgan fingerprint density at radius 1 is 0.913 bits per heavy atom. The molecular weight excluding hydrogens is 288 g/mol. The number of hydrogen-bond acceptors (Lipinski definition) is 5. The summed E-state index contributed by atoms with van der Waals surface area (Å²) in [6.45, 7) is 8.79. The van der Waals surface area contributed by atoms with Crippen LogP contribution in [0.15, 0.2) is 36.7 Å². The number of aromatic nitrogens is 2. The normalized spacial score (nSPS) is 15.9. The lowest BCUT2D eigenvalue weighted by molar-refractivity contribution is 0.209. The summed E-state index contributed by atoms with van der Waals surface area (Å²) >= 11 is 0. The number of ether oxygens (including phenoxy) is 1. The van der Waals surface area contributed by atoms with E-state index in [0.29, 0.717) is 11.9 Å². The lowest BCUT2D eigenvalue weighted by Crippen LogP contribution is -2.49. The zero-order chi connectivity index (χ0) is 16.2. The first kappa shape index (κ1) is 15.7. The molecule has 0 saturated carbocycles. The van der Waals surface area contributed by atoms with Gasteiger partial charge in [0.05, 0.1) is 7.11 Å². The van der Waals surface area contributed by atoms with E-state index in [2.05, 4.69) is 45.7 Å². The highest BCUT2D eigenvalue weighted by Crippen LogP contribution is 2.22. The molecule has 0 atom stereocenters. The monoisotopic (exact) mass is 312 g/mol. The van der Waals surface area contributed by atoms with Gasteiger partial charge in [-0.2, -0.15) is 0 Å². The fourth-order valence-corrected chi connectivity index (χ4v) is 2.88. The number of anilines is 1. The molecule has 23 heavy (non-hydrogen) atoms. The molecule has 0 amide bonds. The zero-order valence-corrected chi connectivity index (χ0v) is 14.1. The highest BCUT2D eigenvalue weighted by Gasteiger charge is 2.19.